The van der Waals surface area contributed by atoms with Gasteiger partial charge in [0.1, 0.15) is 19.0 Å². The van der Waals surface area contributed by atoms with Crippen molar-refractivity contribution in [2.75, 3.05) is 24.6 Å². The van der Waals surface area contributed by atoms with E-state index in [-0.39, 0.29) is 42.0 Å². The van der Waals surface area contributed by atoms with Gasteiger partial charge in [-0.15, -0.1) is 0 Å². The van der Waals surface area contributed by atoms with E-state index in [4.69, 9.17) is 4.74 Å². The van der Waals surface area contributed by atoms with Gasteiger partial charge in [-0.05, 0) is 26.7 Å². The number of nitrogens with one attached hydrogen (secondary N) is 2. The first-order valence-corrected chi connectivity index (χ1v) is 11.4. The molecule has 1 aliphatic heterocycles. The summed E-state index contributed by atoms with van der Waals surface area (Å²) in [5, 5.41) is 2.22. The number of hydrogen-bond acceptors (Lipinski definition) is 6. The Hall–Kier alpha value is -1.94. The van der Waals surface area contributed by atoms with Crippen LogP contribution in [0.4, 0.5) is 4.79 Å². The van der Waals surface area contributed by atoms with Gasteiger partial charge in [-0.25, -0.2) is 18.2 Å². The maximum Gasteiger partial charge on any atom is 0.324 e. The predicted octanol–water partition coefficient (Wildman–Crippen LogP) is 1.58. The number of sulfone groups is 1. The highest BCUT2D eigenvalue weighted by Gasteiger charge is 2.25. The molecule has 10 heteroatoms. The number of aromatic amines is 1. The van der Waals surface area contributed by atoms with E-state index < -0.39 is 9.84 Å². The van der Waals surface area contributed by atoms with Gasteiger partial charge in [-0.2, -0.15) is 0 Å². The zero-order valence-electron chi connectivity index (χ0n) is 16.7. The number of ether oxygens (including phenoxy) is 1. The zero-order chi connectivity index (χ0) is 20.7. The second-order valence-electron chi connectivity index (χ2n) is 7.50. The van der Waals surface area contributed by atoms with Crippen molar-refractivity contribution in [1.29, 1.82) is 0 Å². The number of carbonyl (C=O) groups excluding carboxylic acids is 2. The van der Waals surface area contributed by atoms with E-state index in [0.29, 0.717) is 38.2 Å². The number of rotatable bonds is 12. The Balaban J connectivity index is 1.69. The molecule has 1 atom stereocenters. The molecule has 9 nitrogen and oxygen atoms in total. The minimum Gasteiger partial charge on any atom is -0.371 e. The standard InChI is InChI=1S/C18H30N4O5S/c1-13(2)27-11-16-19-9-15(20-16)14(3)12-28(25,26)8-6-4-5-7-22-10-17(23)21-18(22)24/h9,13-14H,4-8,10-12H2,1-3H3,(H,19,20)(H,21,23,24). The maximum atomic E-state index is 12.4. The fraction of sp³-hybridized carbons (Fsp3) is 0.722. The topological polar surface area (TPSA) is 121 Å². The first-order valence-electron chi connectivity index (χ1n) is 9.61. The van der Waals surface area contributed by atoms with Gasteiger partial charge in [0.2, 0.25) is 5.91 Å². The van der Waals surface area contributed by atoms with Gasteiger partial charge >= 0.3 is 6.03 Å². The Morgan fingerprint density at radius 3 is 2.61 bits per heavy atom. The van der Waals surface area contributed by atoms with Crippen LogP contribution in [0.5, 0.6) is 0 Å². The monoisotopic (exact) mass is 414 g/mol. The largest absolute Gasteiger partial charge is 0.371 e. The molecule has 158 valence electrons. The number of aromatic nitrogens is 2. The van der Waals surface area contributed by atoms with Crippen LogP contribution in [-0.4, -0.2) is 65.9 Å². The second kappa shape index (κ2) is 10.0. The van der Waals surface area contributed by atoms with E-state index in [1.165, 1.54) is 4.90 Å². The lowest BCUT2D eigenvalue weighted by Gasteiger charge is -2.13. The highest BCUT2D eigenvalue weighted by molar-refractivity contribution is 7.91. The van der Waals surface area contributed by atoms with E-state index in [2.05, 4.69) is 15.3 Å². The molecule has 1 fully saturated rings. The Kier molecular flexibility index (Phi) is 7.99. The van der Waals surface area contributed by atoms with Crippen molar-refractivity contribution in [3.05, 3.63) is 17.7 Å². The minimum absolute atomic E-state index is 0.0582. The lowest BCUT2D eigenvalue weighted by atomic mass is 10.1. The van der Waals surface area contributed by atoms with Gasteiger partial charge in [0, 0.05) is 24.4 Å². The number of hydrogen-bond donors (Lipinski definition) is 2. The summed E-state index contributed by atoms with van der Waals surface area (Å²) in [6.45, 7) is 6.67. The van der Waals surface area contributed by atoms with Crippen molar-refractivity contribution in [2.45, 2.75) is 58.7 Å². The van der Waals surface area contributed by atoms with Gasteiger partial charge in [-0.3, -0.25) is 10.1 Å². The molecule has 1 saturated heterocycles. The molecule has 2 rings (SSSR count). The summed E-state index contributed by atoms with van der Waals surface area (Å²) in [6, 6.07) is -0.371. The van der Waals surface area contributed by atoms with Gasteiger partial charge in [0.15, 0.2) is 9.84 Å². The molecule has 1 aromatic rings. The van der Waals surface area contributed by atoms with E-state index >= 15 is 0 Å². The molecule has 0 aliphatic carbocycles. The van der Waals surface area contributed by atoms with E-state index in [1.807, 2.05) is 20.8 Å². The molecular weight excluding hydrogens is 384 g/mol. The normalized spacial score (nSPS) is 16.1. The molecule has 0 aromatic carbocycles. The van der Waals surface area contributed by atoms with Crippen LogP contribution >= 0.6 is 0 Å². The first-order chi connectivity index (χ1) is 13.2. The van der Waals surface area contributed by atoms with Crippen molar-refractivity contribution < 1.29 is 22.7 Å². The quantitative estimate of drug-likeness (QED) is 0.396. The molecule has 2 heterocycles. The van der Waals surface area contributed by atoms with Crippen molar-refractivity contribution >= 4 is 21.8 Å². The van der Waals surface area contributed by atoms with E-state index in [9.17, 15) is 18.0 Å². The molecular formula is C18H30N4O5S. The van der Waals surface area contributed by atoms with Gasteiger partial charge in [0.25, 0.3) is 0 Å². The second-order valence-corrected chi connectivity index (χ2v) is 9.72. The van der Waals surface area contributed by atoms with Crippen LogP contribution in [0, 0.1) is 0 Å². The predicted molar refractivity (Wildman–Crippen MR) is 105 cm³/mol. The molecule has 0 spiro atoms. The summed E-state index contributed by atoms with van der Waals surface area (Å²) in [5.74, 6) is 0.393. The third kappa shape index (κ3) is 7.23. The third-order valence-electron chi connectivity index (χ3n) is 4.49. The Morgan fingerprint density at radius 2 is 1.96 bits per heavy atom. The van der Waals surface area contributed by atoms with Crippen molar-refractivity contribution in [2.24, 2.45) is 0 Å². The average molecular weight is 415 g/mol. The van der Waals surface area contributed by atoms with Crippen LogP contribution in [0.1, 0.15) is 57.5 Å². The van der Waals surface area contributed by atoms with Crippen molar-refractivity contribution in [1.82, 2.24) is 20.2 Å². The van der Waals surface area contributed by atoms with Crippen LogP contribution in [0.15, 0.2) is 6.20 Å². The number of imidazole rings is 1. The number of nitrogens with zero attached hydrogens (tertiary/aromatic N) is 2. The molecule has 0 radical (unpaired) electrons. The van der Waals surface area contributed by atoms with Crippen LogP contribution in [-0.2, 0) is 26.0 Å². The van der Waals surface area contributed by atoms with Gasteiger partial charge in [-0.1, -0.05) is 13.3 Å². The third-order valence-corrected chi connectivity index (χ3v) is 6.41. The van der Waals surface area contributed by atoms with E-state index in [0.717, 1.165) is 5.69 Å². The molecule has 1 aromatic heterocycles. The highest BCUT2D eigenvalue weighted by atomic mass is 32.2. The number of urea groups is 1. The lowest BCUT2D eigenvalue weighted by Crippen LogP contribution is -2.29. The molecule has 3 amide bonds. The SMILES string of the molecule is CC(C)OCc1ncc(C(C)CS(=O)(=O)CCCCCN2CC(=O)NC2=O)[nH]1. The van der Waals surface area contributed by atoms with Crippen LogP contribution < -0.4 is 5.32 Å². The Bertz CT molecular complexity index is 775. The summed E-state index contributed by atoms with van der Waals surface area (Å²) < 4.78 is 30.2. The Labute approximate surface area is 166 Å². The molecule has 1 unspecified atom stereocenters. The summed E-state index contributed by atoms with van der Waals surface area (Å²) in [5.41, 5.74) is 0.788. The molecule has 0 bridgehead atoms. The molecule has 0 saturated carbocycles. The van der Waals surface area contributed by atoms with Crippen molar-refractivity contribution in [3.63, 3.8) is 0 Å². The first kappa shape index (κ1) is 22.4. The molecule has 28 heavy (non-hydrogen) atoms. The van der Waals surface area contributed by atoms with Gasteiger partial charge in [0.05, 0.1) is 17.6 Å². The highest BCUT2D eigenvalue weighted by Crippen LogP contribution is 2.17. The molecule has 2 N–H and O–H groups in total. The van der Waals surface area contributed by atoms with Gasteiger partial charge < -0.3 is 14.6 Å². The Morgan fingerprint density at radius 1 is 1.21 bits per heavy atom. The van der Waals surface area contributed by atoms with E-state index in [1.54, 1.807) is 6.20 Å². The summed E-state index contributed by atoms with van der Waals surface area (Å²) in [7, 11) is -3.19. The van der Waals surface area contributed by atoms with Crippen LogP contribution in [0.3, 0.4) is 0 Å². The zero-order valence-corrected chi connectivity index (χ0v) is 17.5. The van der Waals surface area contributed by atoms with Crippen molar-refractivity contribution in [3.8, 4) is 0 Å². The lowest BCUT2D eigenvalue weighted by molar-refractivity contribution is -0.118. The minimum atomic E-state index is -3.19. The summed E-state index contributed by atoms with van der Waals surface area (Å²) in [4.78, 5) is 31.3. The number of imide groups is 1. The van der Waals surface area contributed by atoms with Crippen LogP contribution in [0.2, 0.25) is 0 Å². The fourth-order valence-corrected chi connectivity index (χ4v) is 4.72. The van der Waals surface area contributed by atoms with Crippen LogP contribution in [0.25, 0.3) is 0 Å². The molecule has 1 aliphatic rings. The smallest absolute Gasteiger partial charge is 0.324 e. The number of amides is 3. The maximum absolute atomic E-state index is 12.4. The fourth-order valence-electron chi connectivity index (χ4n) is 2.97. The number of H-pyrrole nitrogens is 1. The number of unbranched alkanes of at least 4 members (excludes halogenated alkanes) is 2. The number of carbonyl (C=O) groups is 2. The average Bonchev–Trinajstić information content (AvgIpc) is 3.18. The summed E-state index contributed by atoms with van der Waals surface area (Å²) in [6.07, 6.45) is 3.67. The summed E-state index contributed by atoms with van der Waals surface area (Å²) >= 11 is 0.